The summed E-state index contributed by atoms with van der Waals surface area (Å²) >= 11 is 1.44. The summed E-state index contributed by atoms with van der Waals surface area (Å²) in [7, 11) is 0.913. The number of fused-ring (bicyclic) bond motifs is 1. The monoisotopic (exact) mass is 379 g/mol. The minimum atomic E-state index is -3.03. The minimum Gasteiger partial charge on any atom is -0.378 e. The van der Waals surface area contributed by atoms with E-state index in [4.69, 9.17) is 0 Å². The summed E-state index contributed by atoms with van der Waals surface area (Å²) in [4.78, 5) is 20.5. The average Bonchev–Trinajstić information content (AvgIpc) is 3.28. The number of aliphatic imine (C=N–C) groups is 1. The van der Waals surface area contributed by atoms with Crippen LogP contribution in [-0.2, 0) is 14.6 Å². The summed E-state index contributed by atoms with van der Waals surface area (Å²) in [5, 5.41) is 0.601. The van der Waals surface area contributed by atoms with Crippen LogP contribution < -0.4 is 9.80 Å². The Morgan fingerprint density at radius 2 is 1.88 bits per heavy atom. The maximum atomic E-state index is 12.2. The average molecular weight is 380 g/mol. The van der Waals surface area contributed by atoms with Gasteiger partial charge in [-0.1, -0.05) is 11.8 Å². The highest BCUT2D eigenvalue weighted by Gasteiger charge is 2.49. The molecule has 1 aromatic rings. The maximum Gasteiger partial charge on any atom is 0.251 e. The van der Waals surface area contributed by atoms with E-state index >= 15 is 0 Å². The molecule has 25 heavy (non-hydrogen) atoms. The number of rotatable bonds is 3. The molecule has 134 valence electrons. The molecule has 1 aliphatic carbocycles. The van der Waals surface area contributed by atoms with Crippen LogP contribution in [0.2, 0.25) is 0 Å². The van der Waals surface area contributed by atoms with Gasteiger partial charge in [-0.15, -0.1) is 0 Å². The fraction of sp³-hybridized carbons (Fsp3) is 0.529. The molecule has 0 aromatic heterocycles. The fourth-order valence-electron chi connectivity index (χ4n) is 3.29. The molecule has 1 aromatic carbocycles. The zero-order chi connectivity index (χ0) is 17.8. The molecule has 0 N–H and O–H groups in total. The third-order valence-electron chi connectivity index (χ3n) is 4.84. The Bertz CT molecular complexity index is 829. The van der Waals surface area contributed by atoms with E-state index in [9.17, 15) is 13.2 Å². The molecule has 1 saturated carbocycles. The van der Waals surface area contributed by atoms with Crippen LogP contribution in [0.25, 0.3) is 0 Å². The molecule has 0 radical (unpaired) electrons. The third-order valence-corrected chi connectivity index (χ3v) is 8.05. The van der Waals surface area contributed by atoms with Gasteiger partial charge >= 0.3 is 0 Å². The molecule has 0 unspecified atom stereocenters. The Kier molecular flexibility index (Phi) is 4.07. The number of amides is 1. The van der Waals surface area contributed by atoms with E-state index in [0.717, 1.165) is 24.2 Å². The zero-order valence-electron chi connectivity index (χ0n) is 14.3. The van der Waals surface area contributed by atoms with E-state index < -0.39 is 9.84 Å². The number of carbonyl (C=O) groups is 1. The van der Waals surface area contributed by atoms with E-state index in [1.165, 1.54) is 11.8 Å². The van der Waals surface area contributed by atoms with Crippen molar-refractivity contribution < 1.29 is 13.2 Å². The van der Waals surface area contributed by atoms with Crippen molar-refractivity contribution >= 4 is 44.0 Å². The van der Waals surface area contributed by atoms with Crippen molar-refractivity contribution in [1.29, 1.82) is 0 Å². The Hall–Kier alpha value is -1.54. The summed E-state index contributed by atoms with van der Waals surface area (Å²) in [6, 6.07) is 7.79. The molecular weight excluding hydrogens is 358 g/mol. The van der Waals surface area contributed by atoms with Crippen LogP contribution in [-0.4, -0.2) is 56.4 Å². The summed E-state index contributed by atoms with van der Waals surface area (Å²) in [6.07, 6.45) is 1.83. The lowest BCUT2D eigenvalue weighted by atomic mass is 10.2. The van der Waals surface area contributed by atoms with Gasteiger partial charge in [0.2, 0.25) is 0 Å². The molecule has 0 bridgehead atoms. The lowest BCUT2D eigenvalue weighted by molar-refractivity contribution is -0.118. The second-order valence-corrected chi connectivity index (χ2v) is 10.4. The van der Waals surface area contributed by atoms with Crippen molar-refractivity contribution in [2.75, 3.05) is 35.4 Å². The van der Waals surface area contributed by atoms with Crippen LogP contribution in [0.15, 0.2) is 29.3 Å². The minimum absolute atomic E-state index is 0.0516. The van der Waals surface area contributed by atoms with Crippen molar-refractivity contribution in [3.05, 3.63) is 24.3 Å². The predicted octanol–water partition coefficient (Wildman–Crippen LogP) is 1.76. The van der Waals surface area contributed by atoms with Gasteiger partial charge in [0.05, 0.1) is 17.5 Å². The van der Waals surface area contributed by atoms with E-state index in [1.807, 2.05) is 48.2 Å². The Labute approximate surface area is 152 Å². The van der Waals surface area contributed by atoms with Crippen LogP contribution in [0.3, 0.4) is 0 Å². The highest BCUT2D eigenvalue weighted by atomic mass is 32.2. The van der Waals surface area contributed by atoms with Gasteiger partial charge in [-0.25, -0.2) is 8.42 Å². The lowest BCUT2D eigenvalue weighted by Gasteiger charge is -2.25. The van der Waals surface area contributed by atoms with E-state index in [-0.39, 0.29) is 34.6 Å². The van der Waals surface area contributed by atoms with Crippen LogP contribution >= 0.6 is 11.8 Å². The molecular formula is C17H21N3O3S2. The third kappa shape index (κ3) is 3.29. The first-order chi connectivity index (χ1) is 11.8. The number of hydrogen-bond donors (Lipinski definition) is 0. The number of nitrogens with zero attached hydrogens (tertiary/aromatic N) is 3. The second kappa shape index (κ2) is 6.02. The molecule has 2 atom stereocenters. The lowest BCUT2D eigenvalue weighted by Crippen LogP contribution is -2.37. The zero-order valence-corrected chi connectivity index (χ0v) is 15.9. The highest BCUT2D eigenvalue weighted by molar-refractivity contribution is 8.16. The highest BCUT2D eigenvalue weighted by Crippen LogP contribution is 2.42. The van der Waals surface area contributed by atoms with Crippen molar-refractivity contribution in [1.82, 2.24) is 0 Å². The van der Waals surface area contributed by atoms with Gasteiger partial charge in [0.15, 0.2) is 15.0 Å². The van der Waals surface area contributed by atoms with Crippen LogP contribution in [0.5, 0.6) is 0 Å². The Morgan fingerprint density at radius 3 is 2.48 bits per heavy atom. The number of benzene rings is 1. The maximum absolute atomic E-state index is 12.2. The molecule has 4 rings (SSSR count). The van der Waals surface area contributed by atoms with Gasteiger partial charge in [-0.05, 0) is 37.1 Å². The van der Waals surface area contributed by atoms with Crippen molar-refractivity contribution in [2.45, 2.75) is 24.1 Å². The number of amidine groups is 1. The van der Waals surface area contributed by atoms with Gasteiger partial charge in [0.1, 0.15) is 0 Å². The smallest absolute Gasteiger partial charge is 0.251 e. The van der Waals surface area contributed by atoms with Gasteiger partial charge in [-0.3, -0.25) is 4.79 Å². The van der Waals surface area contributed by atoms with Crippen molar-refractivity contribution in [3.63, 3.8) is 0 Å². The SMILES string of the molecule is CN(C)c1ccc(N2C(=NC(=O)C3CC3)S[C@@H]3CS(=O)(=O)C[C@H]32)cc1. The number of carbonyl (C=O) groups excluding carboxylic acids is 1. The fourth-order valence-corrected chi connectivity index (χ4v) is 7.21. The van der Waals surface area contributed by atoms with E-state index in [1.54, 1.807) is 0 Å². The Balaban J connectivity index is 1.69. The topological polar surface area (TPSA) is 70.0 Å². The van der Waals surface area contributed by atoms with Crippen molar-refractivity contribution in [3.8, 4) is 0 Å². The number of anilines is 2. The van der Waals surface area contributed by atoms with E-state index in [2.05, 4.69) is 4.99 Å². The summed E-state index contributed by atoms with van der Waals surface area (Å²) in [5.41, 5.74) is 1.96. The second-order valence-electron chi connectivity index (χ2n) is 7.09. The number of thioether (sulfide) groups is 1. The predicted molar refractivity (Wildman–Crippen MR) is 102 cm³/mol. The first-order valence-corrected chi connectivity index (χ1v) is 11.1. The molecule has 8 heteroatoms. The Morgan fingerprint density at radius 1 is 1.20 bits per heavy atom. The summed E-state index contributed by atoms with van der Waals surface area (Å²) < 4.78 is 24.1. The molecule has 2 heterocycles. The van der Waals surface area contributed by atoms with Gasteiger partial charge in [-0.2, -0.15) is 4.99 Å². The molecule has 0 spiro atoms. The van der Waals surface area contributed by atoms with Gasteiger partial charge in [0, 0.05) is 36.6 Å². The van der Waals surface area contributed by atoms with Crippen LogP contribution in [0.4, 0.5) is 11.4 Å². The van der Waals surface area contributed by atoms with E-state index in [0.29, 0.717) is 5.17 Å². The number of hydrogen-bond acceptors (Lipinski definition) is 5. The standard InChI is InChI=1S/C17H21N3O3S2/c1-19(2)12-5-7-13(8-6-12)20-14-9-25(22,23)10-15(14)24-17(20)18-16(21)11-3-4-11/h5-8,11,14-15H,3-4,9-10H2,1-2H3/t14-,15-/m1/s1. The molecule has 2 saturated heterocycles. The quantitative estimate of drug-likeness (QED) is 0.797. The largest absolute Gasteiger partial charge is 0.378 e. The first-order valence-electron chi connectivity index (χ1n) is 8.40. The molecule has 3 fully saturated rings. The molecule has 6 nitrogen and oxygen atoms in total. The molecule has 1 amide bonds. The van der Waals surface area contributed by atoms with Crippen molar-refractivity contribution in [2.24, 2.45) is 10.9 Å². The van der Waals surface area contributed by atoms with Gasteiger partial charge in [0.25, 0.3) is 5.91 Å². The first kappa shape index (κ1) is 16.9. The van der Waals surface area contributed by atoms with Crippen LogP contribution in [0, 0.1) is 5.92 Å². The van der Waals surface area contributed by atoms with Crippen LogP contribution in [0.1, 0.15) is 12.8 Å². The molecule has 3 aliphatic rings. The molecule has 2 aliphatic heterocycles. The van der Waals surface area contributed by atoms with Gasteiger partial charge < -0.3 is 9.80 Å². The normalized spacial score (nSPS) is 29.0. The summed E-state index contributed by atoms with van der Waals surface area (Å²) in [5.74, 6) is 0.276. The summed E-state index contributed by atoms with van der Waals surface area (Å²) in [6.45, 7) is 0. The number of sulfone groups is 1.